The van der Waals surface area contributed by atoms with Crippen LogP contribution in [0.25, 0.3) is 28.0 Å². The molecule has 0 radical (unpaired) electrons. The van der Waals surface area contributed by atoms with Crippen molar-refractivity contribution in [3.8, 4) is 17.0 Å². The van der Waals surface area contributed by atoms with Crippen molar-refractivity contribution < 1.29 is 13.6 Å². The van der Waals surface area contributed by atoms with E-state index in [1.165, 1.54) is 16.9 Å². The predicted molar refractivity (Wildman–Crippen MR) is 121 cm³/mol. The van der Waals surface area contributed by atoms with Crippen molar-refractivity contribution in [1.29, 1.82) is 0 Å². The van der Waals surface area contributed by atoms with Gasteiger partial charge in [-0.3, -0.25) is 4.79 Å². The largest absolute Gasteiger partial charge is 0.451 e. The molecule has 0 saturated carbocycles. The molecule has 3 aromatic carbocycles. The zero-order valence-electron chi connectivity index (χ0n) is 16.8. The van der Waals surface area contributed by atoms with Crippen LogP contribution in [0.4, 0.5) is 10.1 Å². The van der Waals surface area contributed by atoms with Crippen LogP contribution in [0.1, 0.15) is 16.1 Å². The van der Waals surface area contributed by atoms with Gasteiger partial charge in [-0.15, -0.1) is 10.2 Å². The summed E-state index contributed by atoms with van der Waals surface area (Å²) in [6.07, 6.45) is 0. The van der Waals surface area contributed by atoms with Crippen LogP contribution in [-0.2, 0) is 0 Å². The monoisotopic (exact) mass is 446 g/mol. The number of nitrogens with zero attached hydrogens (tertiary/aromatic N) is 3. The second-order valence-corrected chi connectivity index (χ2v) is 7.68. The van der Waals surface area contributed by atoms with Crippen LogP contribution in [0.3, 0.4) is 0 Å². The van der Waals surface area contributed by atoms with Crippen molar-refractivity contribution in [2.24, 2.45) is 0 Å². The van der Waals surface area contributed by atoms with Crippen LogP contribution in [-0.4, -0.2) is 20.9 Å². The molecule has 0 aliphatic rings. The molecule has 0 fully saturated rings. The summed E-state index contributed by atoms with van der Waals surface area (Å²) in [5.74, 6) is 0.0488. The summed E-state index contributed by atoms with van der Waals surface area (Å²) < 4.78 is 18.9. The Morgan fingerprint density at radius 2 is 1.66 bits per heavy atom. The lowest BCUT2D eigenvalue weighted by atomic mass is 10.1. The van der Waals surface area contributed by atoms with Crippen LogP contribution >= 0.6 is 11.6 Å². The third-order valence-corrected chi connectivity index (χ3v) is 5.24. The van der Waals surface area contributed by atoms with Gasteiger partial charge in [0.15, 0.2) is 5.76 Å². The van der Waals surface area contributed by atoms with Crippen molar-refractivity contribution in [3.05, 3.63) is 95.0 Å². The normalized spacial score (nSPS) is 11.1. The first-order valence-corrected chi connectivity index (χ1v) is 10.1. The Bertz CT molecular complexity index is 1440. The van der Waals surface area contributed by atoms with Gasteiger partial charge in [-0.25, -0.2) is 4.39 Å². The molecule has 0 saturated heterocycles. The Balaban J connectivity index is 1.40. The molecule has 0 aliphatic heterocycles. The van der Waals surface area contributed by atoms with E-state index in [9.17, 15) is 9.18 Å². The van der Waals surface area contributed by atoms with Gasteiger partial charge in [-0.2, -0.15) is 4.80 Å². The number of aromatic nitrogens is 3. The lowest BCUT2D eigenvalue weighted by Crippen LogP contribution is -2.11. The molecule has 2 heterocycles. The maximum atomic E-state index is 13.2. The van der Waals surface area contributed by atoms with Crippen LogP contribution < -0.4 is 5.32 Å². The lowest BCUT2D eigenvalue weighted by molar-refractivity contribution is 0.0997. The average Bonchev–Trinajstić information content (AvgIpc) is 3.42. The van der Waals surface area contributed by atoms with E-state index in [1.54, 1.807) is 42.5 Å². The zero-order valence-corrected chi connectivity index (χ0v) is 17.6. The maximum absolute atomic E-state index is 13.2. The summed E-state index contributed by atoms with van der Waals surface area (Å²) in [5.41, 5.74) is 4.13. The fraction of sp³-hybridized carbons (Fsp3) is 0.0417. The van der Waals surface area contributed by atoms with E-state index in [4.69, 9.17) is 16.0 Å². The Morgan fingerprint density at radius 1 is 0.969 bits per heavy atom. The molecule has 5 rings (SSSR count). The average molecular weight is 447 g/mol. The van der Waals surface area contributed by atoms with E-state index in [-0.39, 0.29) is 17.5 Å². The molecule has 8 heteroatoms. The van der Waals surface area contributed by atoms with Gasteiger partial charge in [-0.05, 0) is 85.3 Å². The quantitative estimate of drug-likeness (QED) is 0.365. The number of rotatable bonds is 4. The minimum Gasteiger partial charge on any atom is -0.451 e. The van der Waals surface area contributed by atoms with Crippen molar-refractivity contribution >= 4 is 34.2 Å². The van der Waals surface area contributed by atoms with E-state index in [0.717, 1.165) is 11.1 Å². The maximum Gasteiger partial charge on any atom is 0.291 e. The number of fused-ring (bicyclic) bond motifs is 1. The number of anilines is 1. The second-order valence-electron chi connectivity index (χ2n) is 7.25. The van der Waals surface area contributed by atoms with Crippen LogP contribution in [0.2, 0.25) is 5.02 Å². The van der Waals surface area contributed by atoms with Crippen molar-refractivity contribution in [2.75, 3.05) is 5.32 Å². The van der Waals surface area contributed by atoms with E-state index < -0.39 is 0 Å². The molecule has 0 aliphatic carbocycles. The van der Waals surface area contributed by atoms with Crippen molar-refractivity contribution in [2.45, 2.75) is 6.92 Å². The Morgan fingerprint density at radius 3 is 2.38 bits per heavy atom. The smallest absolute Gasteiger partial charge is 0.291 e. The number of carbonyl (C=O) groups excluding carboxylic acids is 1. The number of amides is 1. The molecule has 0 spiro atoms. The van der Waals surface area contributed by atoms with Gasteiger partial charge in [0, 0.05) is 16.3 Å². The highest BCUT2D eigenvalue weighted by Gasteiger charge is 2.15. The first-order chi connectivity index (χ1) is 15.5. The first-order valence-electron chi connectivity index (χ1n) is 9.77. The highest BCUT2D eigenvalue weighted by molar-refractivity contribution is 6.30. The van der Waals surface area contributed by atoms with Gasteiger partial charge in [0.25, 0.3) is 5.91 Å². The third-order valence-electron chi connectivity index (χ3n) is 4.99. The fourth-order valence-electron chi connectivity index (χ4n) is 3.31. The number of hydrogen-bond acceptors (Lipinski definition) is 4. The van der Waals surface area contributed by atoms with Gasteiger partial charge in [0.1, 0.15) is 22.6 Å². The Hall–Kier alpha value is -3.97. The molecular formula is C24H16ClFN4O2. The molecule has 5 aromatic rings. The number of benzene rings is 3. The number of aryl methyl sites for hydroxylation is 1. The topological polar surface area (TPSA) is 73.0 Å². The predicted octanol–water partition coefficient (Wildman–Crippen LogP) is 6.03. The molecule has 2 aromatic heterocycles. The molecule has 1 amide bonds. The first kappa shape index (κ1) is 20.0. The van der Waals surface area contributed by atoms with E-state index in [1.807, 2.05) is 25.1 Å². The van der Waals surface area contributed by atoms with Gasteiger partial charge >= 0.3 is 0 Å². The van der Waals surface area contributed by atoms with Crippen LogP contribution in [0.15, 0.2) is 77.2 Å². The highest BCUT2D eigenvalue weighted by Crippen LogP contribution is 2.26. The SMILES string of the molecule is Cc1cc2nn(-c3ccc(F)cc3)nc2cc1NC(=O)c1ccc(-c2ccc(Cl)cc2)o1. The van der Waals surface area contributed by atoms with E-state index >= 15 is 0 Å². The summed E-state index contributed by atoms with van der Waals surface area (Å²) >= 11 is 5.92. The van der Waals surface area contributed by atoms with Crippen molar-refractivity contribution in [1.82, 2.24) is 15.0 Å². The van der Waals surface area contributed by atoms with E-state index in [0.29, 0.717) is 33.2 Å². The number of nitrogens with one attached hydrogen (secondary N) is 1. The minimum absolute atomic E-state index is 0.185. The summed E-state index contributed by atoms with van der Waals surface area (Å²) in [7, 11) is 0. The summed E-state index contributed by atoms with van der Waals surface area (Å²) in [5, 5.41) is 12.4. The molecule has 158 valence electrons. The molecule has 1 N–H and O–H groups in total. The van der Waals surface area contributed by atoms with Gasteiger partial charge < -0.3 is 9.73 Å². The number of carbonyl (C=O) groups is 1. The second kappa shape index (κ2) is 7.94. The van der Waals surface area contributed by atoms with Crippen LogP contribution in [0, 0.1) is 12.7 Å². The molecule has 0 atom stereocenters. The standard InChI is InChI=1S/C24H16ClFN4O2/c1-14-12-20-21(29-30(28-20)18-8-6-17(26)7-9-18)13-19(14)27-24(31)23-11-10-22(32-23)15-2-4-16(25)5-3-15/h2-13H,1H3,(H,27,31). The summed E-state index contributed by atoms with van der Waals surface area (Å²) in [4.78, 5) is 14.2. The van der Waals surface area contributed by atoms with Crippen LogP contribution in [0.5, 0.6) is 0 Å². The molecule has 0 unspecified atom stereocenters. The van der Waals surface area contributed by atoms with Crippen molar-refractivity contribution in [3.63, 3.8) is 0 Å². The van der Waals surface area contributed by atoms with Gasteiger partial charge in [0.2, 0.25) is 0 Å². The van der Waals surface area contributed by atoms with E-state index in [2.05, 4.69) is 15.5 Å². The highest BCUT2D eigenvalue weighted by atomic mass is 35.5. The molecule has 6 nitrogen and oxygen atoms in total. The third kappa shape index (κ3) is 3.86. The molecule has 32 heavy (non-hydrogen) atoms. The minimum atomic E-state index is -0.376. The number of furan rings is 1. The lowest BCUT2D eigenvalue weighted by Gasteiger charge is -2.06. The Labute approximate surface area is 187 Å². The number of halogens is 2. The summed E-state index contributed by atoms with van der Waals surface area (Å²) in [6.45, 7) is 1.87. The summed E-state index contributed by atoms with van der Waals surface area (Å²) in [6, 6.07) is 20.0. The number of hydrogen-bond donors (Lipinski definition) is 1. The Kier molecular flexibility index (Phi) is 4.95. The zero-order chi connectivity index (χ0) is 22.2. The van der Waals surface area contributed by atoms with Gasteiger partial charge in [-0.1, -0.05) is 11.6 Å². The molecular weight excluding hydrogens is 431 g/mol. The fourth-order valence-corrected chi connectivity index (χ4v) is 3.43. The van der Waals surface area contributed by atoms with Gasteiger partial charge in [0.05, 0.1) is 5.69 Å². The molecule has 0 bridgehead atoms.